The first kappa shape index (κ1) is 18.4. The van der Waals surface area contributed by atoms with Gasteiger partial charge in [-0.05, 0) is 68.7 Å². The number of nitrogens with zero attached hydrogens (tertiary/aromatic N) is 3. The van der Waals surface area contributed by atoms with Crippen LogP contribution in [0.15, 0.2) is 29.1 Å². The SMILES string of the molecule is CN1CC(CCN2CCC(n3c(=O)[nH]c4ccccc43)CC2)C2C[C@@H]1C2(C)C. The molecule has 0 amide bonds. The first-order valence-corrected chi connectivity index (χ1v) is 11.1. The Labute approximate surface area is 167 Å². The molecule has 0 radical (unpaired) electrons. The predicted octanol–water partition coefficient (Wildman–Crippen LogP) is 3.33. The number of aromatic nitrogens is 2. The van der Waals surface area contributed by atoms with Gasteiger partial charge in [0, 0.05) is 31.7 Å². The largest absolute Gasteiger partial charge is 0.326 e. The van der Waals surface area contributed by atoms with Gasteiger partial charge >= 0.3 is 5.69 Å². The Kier molecular flexibility index (Phi) is 4.44. The maximum Gasteiger partial charge on any atom is 0.326 e. The summed E-state index contributed by atoms with van der Waals surface area (Å²) in [5, 5.41) is 0. The number of imidazole rings is 1. The van der Waals surface area contributed by atoms with Gasteiger partial charge in [0.05, 0.1) is 11.0 Å². The molecule has 152 valence electrons. The molecule has 5 heteroatoms. The minimum atomic E-state index is 0.0478. The average molecular weight is 383 g/mol. The van der Waals surface area contributed by atoms with Crippen molar-refractivity contribution >= 4 is 11.0 Å². The summed E-state index contributed by atoms with van der Waals surface area (Å²) < 4.78 is 2.00. The van der Waals surface area contributed by atoms with Crippen molar-refractivity contribution < 1.29 is 0 Å². The molecular formula is C23H34N4O. The van der Waals surface area contributed by atoms with Crippen molar-refractivity contribution in [1.82, 2.24) is 19.4 Å². The summed E-state index contributed by atoms with van der Waals surface area (Å²) in [6.45, 7) is 9.65. The Balaban J connectivity index is 1.19. The van der Waals surface area contributed by atoms with Crippen molar-refractivity contribution in [1.29, 1.82) is 0 Å². The minimum Gasteiger partial charge on any atom is -0.306 e. The summed E-state index contributed by atoms with van der Waals surface area (Å²) in [6, 6.07) is 9.20. The van der Waals surface area contributed by atoms with Gasteiger partial charge in [-0.1, -0.05) is 26.0 Å². The molecule has 1 aromatic carbocycles. The van der Waals surface area contributed by atoms with Gasteiger partial charge < -0.3 is 14.8 Å². The Hall–Kier alpha value is -1.59. The summed E-state index contributed by atoms with van der Waals surface area (Å²) >= 11 is 0. The molecule has 0 spiro atoms. The van der Waals surface area contributed by atoms with E-state index in [-0.39, 0.29) is 5.69 Å². The smallest absolute Gasteiger partial charge is 0.306 e. The van der Waals surface area contributed by atoms with Crippen LogP contribution in [-0.4, -0.2) is 58.6 Å². The molecule has 28 heavy (non-hydrogen) atoms. The molecule has 3 saturated heterocycles. The summed E-state index contributed by atoms with van der Waals surface area (Å²) in [7, 11) is 2.32. The Morgan fingerprint density at radius 2 is 1.93 bits per heavy atom. The summed E-state index contributed by atoms with van der Waals surface area (Å²) in [5.41, 5.74) is 2.56. The van der Waals surface area contributed by atoms with Gasteiger partial charge in [-0.3, -0.25) is 4.57 Å². The molecule has 2 unspecified atom stereocenters. The highest BCUT2D eigenvalue weighted by Crippen LogP contribution is 2.56. The fourth-order valence-corrected chi connectivity index (χ4v) is 6.59. The van der Waals surface area contributed by atoms with Crippen molar-refractivity contribution in [2.75, 3.05) is 33.2 Å². The third kappa shape index (κ3) is 2.86. The number of nitrogens with one attached hydrogen (secondary N) is 1. The lowest BCUT2D eigenvalue weighted by atomic mass is 9.51. The second-order valence-corrected chi connectivity index (χ2v) is 10.1. The van der Waals surface area contributed by atoms with E-state index in [0.29, 0.717) is 11.5 Å². The van der Waals surface area contributed by atoms with Gasteiger partial charge in [-0.2, -0.15) is 0 Å². The molecule has 2 aromatic rings. The Bertz CT molecular complexity index is 905. The molecule has 6 rings (SSSR count). The van der Waals surface area contributed by atoms with Crippen molar-refractivity contribution in [2.24, 2.45) is 17.3 Å². The van der Waals surface area contributed by atoms with E-state index < -0.39 is 0 Å². The number of aromatic amines is 1. The number of fused-ring (bicyclic) bond motifs is 3. The average Bonchev–Trinajstić information content (AvgIpc) is 3.01. The highest BCUT2D eigenvalue weighted by Gasteiger charge is 2.56. The van der Waals surface area contributed by atoms with E-state index in [1.807, 2.05) is 22.8 Å². The lowest BCUT2D eigenvalue weighted by molar-refractivity contribution is -0.141. The maximum absolute atomic E-state index is 12.5. The third-order valence-electron chi connectivity index (χ3n) is 8.28. The second-order valence-electron chi connectivity index (χ2n) is 10.1. The van der Waals surface area contributed by atoms with Gasteiger partial charge in [0.2, 0.25) is 0 Å². The van der Waals surface area contributed by atoms with E-state index in [1.54, 1.807) is 0 Å². The molecule has 3 aliphatic heterocycles. The van der Waals surface area contributed by atoms with E-state index in [4.69, 9.17) is 0 Å². The fraction of sp³-hybridized carbons (Fsp3) is 0.696. The van der Waals surface area contributed by atoms with Crippen LogP contribution in [0.3, 0.4) is 0 Å². The number of likely N-dealkylation sites (tertiary alicyclic amines) is 1. The zero-order valence-electron chi connectivity index (χ0n) is 17.5. The Morgan fingerprint density at radius 1 is 1.18 bits per heavy atom. The van der Waals surface area contributed by atoms with Crippen molar-refractivity contribution in [3.63, 3.8) is 0 Å². The van der Waals surface area contributed by atoms with Crippen LogP contribution in [0, 0.1) is 17.3 Å². The van der Waals surface area contributed by atoms with Crippen molar-refractivity contribution in [2.45, 2.75) is 51.6 Å². The van der Waals surface area contributed by atoms with Gasteiger partial charge in [0.15, 0.2) is 0 Å². The van der Waals surface area contributed by atoms with Crippen LogP contribution in [0.4, 0.5) is 0 Å². The quantitative estimate of drug-likeness (QED) is 0.882. The molecule has 2 bridgehead atoms. The number of piperidine rings is 3. The lowest BCUT2D eigenvalue weighted by Crippen LogP contribution is -2.66. The van der Waals surface area contributed by atoms with Crippen LogP contribution in [0.2, 0.25) is 0 Å². The van der Waals surface area contributed by atoms with Gasteiger partial charge in [-0.25, -0.2) is 4.79 Å². The standard InChI is InChI=1S/C23H34N4O/c1-23(2)18-14-21(23)25(3)15-16(18)8-11-26-12-9-17(10-13-26)27-20-7-5-4-6-19(20)24-22(27)28/h4-7,16-18,21H,8-15H2,1-3H3,(H,24,28)/t16?,18?,21-/m1/s1. The van der Waals surface area contributed by atoms with E-state index in [2.05, 4.69) is 41.7 Å². The van der Waals surface area contributed by atoms with Crippen LogP contribution < -0.4 is 5.69 Å². The highest BCUT2D eigenvalue weighted by atomic mass is 16.1. The number of para-hydroxylation sites is 2. The molecule has 3 atom stereocenters. The topological polar surface area (TPSA) is 44.3 Å². The first-order chi connectivity index (χ1) is 13.4. The monoisotopic (exact) mass is 382 g/mol. The van der Waals surface area contributed by atoms with Crippen LogP contribution in [0.25, 0.3) is 11.0 Å². The fourth-order valence-electron chi connectivity index (χ4n) is 6.59. The molecule has 4 heterocycles. The molecule has 4 fully saturated rings. The van der Waals surface area contributed by atoms with E-state index in [0.717, 1.165) is 54.8 Å². The van der Waals surface area contributed by atoms with E-state index >= 15 is 0 Å². The molecule has 4 aliphatic rings. The lowest BCUT2D eigenvalue weighted by Gasteiger charge is -2.64. The summed E-state index contributed by atoms with van der Waals surface area (Å²) in [4.78, 5) is 20.7. The number of H-pyrrole nitrogens is 1. The number of hydrogen-bond acceptors (Lipinski definition) is 3. The summed E-state index contributed by atoms with van der Waals surface area (Å²) in [5.74, 6) is 1.76. The van der Waals surface area contributed by atoms with Gasteiger partial charge in [0.25, 0.3) is 0 Å². The Morgan fingerprint density at radius 3 is 2.64 bits per heavy atom. The van der Waals surface area contributed by atoms with Gasteiger partial charge in [-0.15, -0.1) is 0 Å². The van der Waals surface area contributed by atoms with Crippen molar-refractivity contribution in [3.8, 4) is 0 Å². The zero-order valence-corrected chi connectivity index (χ0v) is 17.5. The number of hydrogen-bond donors (Lipinski definition) is 1. The predicted molar refractivity (Wildman–Crippen MR) is 114 cm³/mol. The molecule has 1 aliphatic carbocycles. The molecule has 5 nitrogen and oxygen atoms in total. The van der Waals surface area contributed by atoms with Crippen LogP contribution in [0.5, 0.6) is 0 Å². The molecular weight excluding hydrogens is 348 g/mol. The minimum absolute atomic E-state index is 0.0478. The van der Waals surface area contributed by atoms with Crippen LogP contribution >= 0.6 is 0 Å². The first-order valence-electron chi connectivity index (χ1n) is 11.1. The number of rotatable bonds is 4. The molecule has 1 saturated carbocycles. The highest BCUT2D eigenvalue weighted by molar-refractivity contribution is 5.75. The maximum atomic E-state index is 12.5. The second kappa shape index (κ2) is 6.74. The molecule has 1 N–H and O–H groups in total. The van der Waals surface area contributed by atoms with Crippen LogP contribution in [0.1, 0.15) is 45.6 Å². The summed E-state index contributed by atoms with van der Waals surface area (Å²) in [6.07, 6.45) is 4.87. The van der Waals surface area contributed by atoms with E-state index in [1.165, 1.54) is 25.9 Å². The van der Waals surface area contributed by atoms with Crippen molar-refractivity contribution in [3.05, 3.63) is 34.7 Å². The van der Waals surface area contributed by atoms with Crippen LogP contribution in [-0.2, 0) is 0 Å². The molecule has 1 aromatic heterocycles. The van der Waals surface area contributed by atoms with Gasteiger partial charge in [0.1, 0.15) is 0 Å². The number of benzene rings is 1. The normalized spacial score (nSPS) is 31.2. The zero-order chi connectivity index (χ0) is 19.5. The third-order valence-corrected chi connectivity index (χ3v) is 8.28. The van der Waals surface area contributed by atoms with E-state index in [9.17, 15) is 4.79 Å².